The van der Waals surface area contributed by atoms with Crippen molar-refractivity contribution in [1.29, 1.82) is 0 Å². The number of nitrogens with one attached hydrogen (secondary N) is 2. The Morgan fingerprint density at radius 3 is 2.67 bits per heavy atom. The number of aryl methyl sites for hydroxylation is 2. The number of nitrogens with zero attached hydrogens (tertiary/aromatic N) is 3. The van der Waals surface area contributed by atoms with Gasteiger partial charge in [0.25, 0.3) is 5.91 Å². The summed E-state index contributed by atoms with van der Waals surface area (Å²) in [6.07, 6.45) is 0. The van der Waals surface area contributed by atoms with Crippen LogP contribution in [0.2, 0.25) is 0 Å². The van der Waals surface area contributed by atoms with Crippen LogP contribution in [-0.4, -0.2) is 40.8 Å². The van der Waals surface area contributed by atoms with Gasteiger partial charge in [0.2, 0.25) is 0 Å². The molecule has 0 radical (unpaired) electrons. The Kier molecular flexibility index (Phi) is 4.57. The summed E-state index contributed by atoms with van der Waals surface area (Å²) >= 11 is 0. The highest BCUT2D eigenvalue weighted by molar-refractivity contribution is 6.07. The summed E-state index contributed by atoms with van der Waals surface area (Å²) in [7, 11) is 3.70. The van der Waals surface area contributed by atoms with Gasteiger partial charge in [-0.15, -0.1) is 0 Å². The quantitative estimate of drug-likeness (QED) is 0.704. The van der Waals surface area contributed by atoms with Gasteiger partial charge in [0.15, 0.2) is 5.65 Å². The van der Waals surface area contributed by atoms with E-state index < -0.39 is 0 Å². The molecule has 0 fully saturated rings. The molecule has 2 N–H and O–H groups in total. The first-order valence-corrected chi connectivity index (χ1v) is 7.94. The van der Waals surface area contributed by atoms with E-state index in [4.69, 9.17) is 4.98 Å². The molecular weight excluding hydrogens is 302 g/mol. The van der Waals surface area contributed by atoms with Crippen molar-refractivity contribution in [2.24, 2.45) is 7.05 Å². The maximum atomic E-state index is 12.7. The van der Waals surface area contributed by atoms with Crippen molar-refractivity contribution in [2.75, 3.05) is 20.1 Å². The molecule has 0 saturated heterocycles. The Labute approximate surface area is 140 Å². The average molecular weight is 323 g/mol. The number of rotatable bonds is 5. The highest BCUT2D eigenvalue weighted by Gasteiger charge is 2.18. The largest absolute Gasteiger partial charge is 0.351 e. The zero-order chi connectivity index (χ0) is 17.1. The summed E-state index contributed by atoms with van der Waals surface area (Å²) in [5.41, 5.74) is 3.87. The standard InChI is InChI=1S/C18H21N5O/c1-12-16-14(18(24)20-10-9-19-2)11-15(13-7-5-4-6-8-13)21-17(16)23(3)22-12/h4-8,11,19H,9-10H2,1-3H3,(H,20,24). The smallest absolute Gasteiger partial charge is 0.252 e. The van der Waals surface area contributed by atoms with Crippen LogP contribution < -0.4 is 10.6 Å². The Hall–Kier alpha value is -2.73. The number of benzene rings is 1. The number of carbonyl (C=O) groups is 1. The number of carbonyl (C=O) groups excluding carboxylic acids is 1. The van der Waals surface area contributed by atoms with Crippen molar-refractivity contribution in [3.8, 4) is 11.3 Å². The molecule has 3 aromatic rings. The van der Waals surface area contributed by atoms with E-state index >= 15 is 0 Å². The van der Waals surface area contributed by atoms with Gasteiger partial charge in [0, 0.05) is 25.7 Å². The second kappa shape index (κ2) is 6.80. The molecule has 3 rings (SSSR count). The topological polar surface area (TPSA) is 71.8 Å². The fraction of sp³-hybridized carbons (Fsp3) is 0.278. The van der Waals surface area contributed by atoms with Gasteiger partial charge in [0.1, 0.15) is 0 Å². The van der Waals surface area contributed by atoms with Gasteiger partial charge in [-0.2, -0.15) is 5.10 Å². The summed E-state index contributed by atoms with van der Waals surface area (Å²) in [5.74, 6) is -0.106. The minimum absolute atomic E-state index is 0.106. The molecule has 0 atom stereocenters. The van der Waals surface area contributed by atoms with Crippen LogP contribution in [0.1, 0.15) is 16.1 Å². The van der Waals surface area contributed by atoms with Crippen LogP contribution >= 0.6 is 0 Å². The summed E-state index contributed by atoms with van der Waals surface area (Å²) in [6.45, 7) is 3.19. The summed E-state index contributed by atoms with van der Waals surface area (Å²) < 4.78 is 1.72. The average Bonchev–Trinajstić information content (AvgIpc) is 2.89. The molecule has 0 bridgehead atoms. The molecule has 2 heterocycles. The molecule has 1 aromatic carbocycles. The first-order valence-electron chi connectivity index (χ1n) is 7.94. The van der Waals surface area contributed by atoms with Gasteiger partial charge in [-0.25, -0.2) is 4.98 Å². The van der Waals surface area contributed by atoms with E-state index in [1.54, 1.807) is 4.68 Å². The predicted octanol–water partition coefficient (Wildman–Crippen LogP) is 1.89. The molecule has 0 aliphatic carbocycles. The summed E-state index contributed by atoms with van der Waals surface area (Å²) in [4.78, 5) is 17.4. The van der Waals surface area contributed by atoms with Gasteiger partial charge < -0.3 is 10.6 Å². The Morgan fingerprint density at radius 1 is 1.21 bits per heavy atom. The summed E-state index contributed by atoms with van der Waals surface area (Å²) in [5, 5.41) is 11.2. The number of aromatic nitrogens is 3. The number of amides is 1. The number of likely N-dealkylation sites (N-methyl/N-ethyl adjacent to an activating group) is 1. The third kappa shape index (κ3) is 3.00. The first kappa shape index (κ1) is 16.1. The normalized spacial score (nSPS) is 11.0. The molecule has 0 spiro atoms. The molecule has 0 aliphatic rings. The zero-order valence-corrected chi connectivity index (χ0v) is 14.1. The predicted molar refractivity (Wildman–Crippen MR) is 94.9 cm³/mol. The Bertz CT molecular complexity index is 870. The second-order valence-corrected chi connectivity index (χ2v) is 5.69. The number of fused-ring (bicyclic) bond motifs is 1. The van der Waals surface area contributed by atoms with Crippen molar-refractivity contribution in [1.82, 2.24) is 25.4 Å². The van der Waals surface area contributed by atoms with Gasteiger partial charge in [0.05, 0.1) is 22.3 Å². The van der Waals surface area contributed by atoms with Gasteiger partial charge in [-0.05, 0) is 20.0 Å². The monoisotopic (exact) mass is 323 g/mol. The van der Waals surface area contributed by atoms with E-state index in [0.717, 1.165) is 28.9 Å². The Balaban J connectivity index is 2.13. The van der Waals surface area contributed by atoms with Gasteiger partial charge in [-0.1, -0.05) is 30.3 Å². The van der Waals surface area contributed by atoms with E-state index in [9.17, 15) is 4.79 Å². The van der Waals surface area contributed by atoms with Crippen LogP contribution in [-0.2, 0) is 7.05 Å². The van der Waals surface area contributed by atoms with Gasteiger partial charge >= 0.3 is 0 Å². The molecule has 1 amide bonds. The highest BCUT2D eigenvalue weighted by Crippen LogP contribution is 2.26. The second-order valence-electron chi connectivity index (χ2n) is 5.69. The lowest BCUT2D eigenvalue weighted by Gasteiger charge is -2.09. The first-order chi connectivity index (χ1) is 11.6. The lowest BCUT2D eigenvalue weighted by atomic mass is 10.0. The lowest BCUT2D eigenvalue weighted by Crippen LogP contribution is -2.30. The molecular formula is C18H21N5O. The minimum atomic E-state index is -0.106. The number of pyridine rings is 1. The highest BCUT2D eigenvalue weighted by atomic mass is 16.1. The zero-order valence-electron chi connectivity index (χ0n) is 14.1. The van der Waals surface area contributed by atoms with Gasteiger partial charge in [-0.3, -0.25) is 9.48 Å². The molecule has 124 valence electrons. The SMILES string of the molecule is CNCCNC(=O)c1cc(-c2ccccc2)nc2c1c(C)nn2C. The van der Waals surface area contributed by atoms with Crippen LogP contribution in [0.15, 0.2) is 36.4 Å². The fourth-order valence-corrected chi connectivity index (χ4v) is 2.78. The van der Waals surface area contributed by atoms with Crippen LogP contribution in [0.3, 0.4) is 0 Å². The molecule has 6 nitrogen and oxygen atoms in total. The van der Waals surface area contributed by atoms with Crippen molar-refractivity contribution in [2.45, 2.75) is 6.92 Å². The molecule has 0 saturated carbocycles. The van der Waals surface area contributed by atoms with Crippen molar-refractivity contribution in [3.63, 3.8) is 0 Å². The lowest BCUT2D eigenvalue weighted by molar-refractivity contribution is 0.0955. The molecule has 0 unspecified atom stereocenters. The van der Waals surface area contributed by atoms with Crippen LogP contribution in [0, 0.1) is 6.92 Å². The van der Waals surface area contributed by atoms with E-state index in [0.29, 0.717) is 17.8 Å². The van der Waals surface area contributed by atoms with E-state index in [1.807, 2.05) is 57.4 Å². The maximum Gasteiger partial charge on any atom is 0.252 e. The van der Waals surface area contributed by atoms with Crippen molar-refractivity contribution in [3.05, 3.63) is 47.7 Å². The third-order valence-electron chi connectivity index (χ3n) is 3.94. The number of hydrogen-bond donors (Lipinski definition) is 2. The fourth-order valence-electron chi connectivity index (χ4n) is 2.78. The van der Waals surface area contributed by atoms with E-state index in [2.05, 4.69) is 15.7 Å². The van der Waals surface area contributed by atoms with E-state index in [1.165, 1.54) is 0 Å². The third-order valence-corrected chi connectivity index (χ3v) is 3.94. The number of hydrogen-bond acceptors (Lipinski definition) is 4. The van der Waals surface area contributed by atoms with Crippen LogP contribution in [0.25, 0.3) is 22.3 Å². The van der Waals surface area contributed by atoms with Crippen molar-refractivity contribution >= 4 is 16.9 Å². The maximum absolute atomic E-state index is 12.7. The Morgan fingerprint density at radius 2 is 1.96 bits per heavy atom. The van der Waals surface area contributed by atoms with Crippen LogP contribution in [0.5, 0.6) is 0 Å². The molecule has 6 heteroatoms. The molecule has 2 aromatic heterocycles. The molecule has 0 aliphatic heterocycles. The van der Waals surface area contributed by atoms with Crippen LogP contribution in [0.4, 0.5) is 0 Å². The summed E-state index contributed by atoms with van der Waals surface area (Å²) in [6, 6.07) is 11.7. The van der Waals surface area contributed by atoms with E-state index in [-0.39, 0.29) is 5.91 Å². The minimum Gasteiger partial charge on any atom is -0.351 e. The van der Waals surface area contributed by atoms with Crippen molar-refractivity contribution < 1.29 is 4.79 Å². The molecule has 24 heavy (non-hydrogen) atoms.